The van der Waals surface area contributed by atoms with E-state index in [4.69, 9.17) is 21.1 Å². The van der Waals surface area contributed by atoms with Crippen LogP contribution in [0.15, 0.2) is 72.5 Å². The zero-order chi connectivity index (χ0) is 20.1. The Labute approximate surface area is 167 Å². The molecule has 0 spiro atoms. The lowest BCUT2D eigenvalue weighted by Crippen LogP contribution is -2.14. The first-order valence-electron chi connectivity index (χ1n) is 8.44. The SMILES string of the molecule is COC(=O)C(Oc1cc(C)nc(Cl)c1)=C(c1ccccc1)c1cccc(F)c1. The van der Waals surface area contributed by atoms with E-state index in [9.17, 15) is 9.18 Å². The summed E-state index contributed by atoms with van der Waals surface area (Å²) in [5, 5.41) is 0.228. The second-order valence-electron chi connectivity index (χ2n) is 5.94. The van der Waals surface area contributed by atoms with Crippen LogP contribution in [0.25, 0.3) is 5.57 Å². The number of esters is 1. The molecule has 2 aromatic carbocycles. The van der Waals surface area contributed by atoms with E-state index < -0.39 is 11.8 Å². The van der Waals surface area contributed by atoms with Crippen LogP contribution in [0.1, 0.15) is 16.8 Å². The van der Waals surface area contributed by atoms with Crippen LogP contribution in [-0.4, -0.2) is 18.1 Å². The molecule has 0 saturated carbocycles. The zero-order valence-corrected chi connectivity index (χ0v) is 16.0. The fourth-order valence-corrected chi connectivity index (χ4v) is 2.98. The first-order chi connectivity index (χ1) is 13.5. The summed E-state index contributed by atoms with van der Waals surface area (Å²) in [6.45, 7) is 1.75. The average Bonchev–Trinajstić information content (AvgIpc) is 2.67. The number of carbonyl (C=O) groups is 1. The molecule has 28 heavy (non-hydrogen) atoms. The standard InChI is InChI=1S/C22H17ClFNO3/c1-14-11-18(13-19(23)25-14)28-21(22(26)27-2)20(15-7-4-3-5-8-15)16-9-6-10-17(24)12-16/h3-13H,1-2H3. The molecule has 0 saturated heterocycles. The molecule has 0 fully saturated rings. The van der Waals surface area contributed by atoms with Gasteiger partial charge in [0, 0.05) is 23.4 Å². The summed E-state index contributed by atoms with van der Waals surface area (Å²) in [7, 11) is 1.25. The Morgan fingerprint density at radius 2 is 1.71 bits per heavy atom. The molecule has 0 N–H and O–H groups in total. The highest BCUT2D eigenvalue weighted by Gasteiger charge is 2.22. The summed E-state index contributed by atoms with van der Waals surface area (Å²) in [6.07, 6.45) is 0. The Balaban J connectivity index is 2.25. The number of methoxy groups -OCH3 is 1. The molecule has 6 heteroatoms. The van der Waals surface area contributed by atoms with E-state index in [2.05, 4.69) is 4.98 Å². The topological polar surface area (TPSA) is 48.4 Å². The highest BCUT2D eigenvalue weighted by atomic mass is 35.5. The van der Waals surface area contributed by atoms with Crippen molar-refractivity contribution in [1.29, 1.82) is 0 Å². The van der Waals surface area contributed by atoms with Crippen molar-refractivity contribution in [2.45, 2.75) is 6.92 Å². The number of benzene rings is 2. The normalized spacial score (nSPS) is 11.6. The van der Waals surface area contributed by atoms with E-state index in [1.165, 1.54) is 25.3 Å². The van der Waals surface area contributed by atoms with Crippen LogP contribution in [-0.2, 0) is 9.53 Å². The molecule has 0 amide bonds. The summed E-state index contributed by atoms with van der Waals surface area (Å²) in [5.74, 6) is -0.893. The second-order valence-corrected chi connectivity index (χ2v) is 6.33. The van der Waals surface area contributed by atoms with Crippen molar-refractivity contribution in [2.24, 2.45) is 0 Å². The van der Waals surface area contributed by atoms with Gasteiger partial charge in [-0.15, -0.1) is 0 Å². The second kappa shape index (κ2) is 8.67. The quantitative estimate of drug-likeness (QED) is 0.257. The number of ether oxygens (including phenoxy) is 2. The third-order valence-corrected chi connectivity index (χ3v) is 4.08. The molecule has 3 rings (SSSR count). The monoisotopic (exact) mass is 397 g/mol. The molecule has 4 nitrogen and oxygen atoms in total. The number of carbonyl (C=O) groups excluding carboxylic acids is 1. The number of hydrogen-bond acceptors (Lipinski definition) is 4. The average molecular weight is 398 g/mol. The van der Waals surface area contributed by atoms with Gasteiger partial charge in [0.15, 0.2) is 0 Å². The van der Waals surface area contributed by atoms with Gasteiger partial charge in [-0.25, -0.2) is 14.2 Å². The molecular formula is C22H17ClFNO3. The molecule has 0 aliphatic rings. The van der Waals surface area contributed by atoms with Gasteiger partial charge >= 0.3 is 5.97 Å². The van der Waals surface area contributed by atoms with E-state index in [-0.39, 0.29) is 10.9 Å². The Morgan fingerprint density at radius 1 is 1.00 bits per heavy atom. The third-order valence-electron chi connectivity index (χ3n) is 3.89. The molecule has 0 radical (unpaired) electrons. The molecule has 0 aliphatic heterocycles. The van der Waals surface area contributed by atoms with Crippen molar-refractivity contribution in [1.82, 2.24) is 4.98 Å². The number of nitrogens with zero attached hydrogens (tertiary/aromatic N) is 1. The summed E-state index contributed by atoms with van der Waals surface area (Å²) in [4.78, 5) is 16.7. The predicted octanol–water partition coefficient (Wildman–Crippen LogP) is 5.19. The molecule has 0 atom stereocenters. The largest absolute Gasteiger partial charge is 0.463 e. The van der Waals surface area contributed by atoms with Crippen LogP contribution in [0, 0.1) is 12.7 Å². The molecule has 0 aliphatic carbocycles. The molecule has 1 heterocycles. The van der Waals surface area contributed by atoms with Gasteiger partial charge in [0.2, 0.25) is 5.76 Å². The lowest BCUT2D eigenvalue weighted by Gasteiger charge is -2.16. The van der Waals surface area contributed by atoms with Gasteiger partial charge in [-0.3, -0.25) is 0 Å². The van der Waals surface area contributed by atoms with Crippen LogP contribution < -0.4 is 4.74 Å². The lowest BCUT2D eigenvalue weighted by molar-refractivity contribution is -0.138. The molecule has 0 unspecified atom stereocenters. The van der Waals surface area contributed by atoms with E-state index in [1.807, 2.05) is 18.2 Å². The molecular weight excluding hydrogens is 381 g/mol. The Hall–Kier alpha value is -3.18. The highest BCUT2D eigenvalue weighted by molar-refractivity contribution is 6.29. The maximum absolute atomic E-state index is 13.9. The molecule has 3 aromatic rings. The van der Waals surface area contributed by atoms with Crippen molar-refractivity contribution in [3.05, 3.63) is 100 Å². The van der Waals surface area contributed by atoms with Crippen LogP contribution in [0.5, 0.6) is 5.75 Å². The summed E-state index contributed by atoms with van der Waals surface area (Å²) >= 11 is 6.01. The molecule has 142 valence electrons. The van der Waals surface area contributed by atoms with E-state index in [0.29, 0.717) is 28.1 Å². The minimum atomic E-state index is -0.700. The van der Waals surface area contributed by atoms with Gasteiger partial charge in [0.25, 0.3) is 0 Å². The summed E-state index contributed by atoms with van der Waals surface area (Å²) in [5.41, 5.74) is 2.17. The first kappa shape index (κ1) is 19.6. The van der Waals surface area contributed by atoms with Crippen molar-refractivity contribution in [2.75, 3.05) is 7.11 Å². The van der Waals surface area contributed by atoms with Crippen molar-refractivity contribution < 1.29 is 18.7 Å². The van der Waals surface area contributed by atoms with E-state index in [0.717, 1.165) is 0 Å². The Kier molecular flexibility index (Phi) is 6.06. The molecule has 0 bridgehead atoms. The summed E-state index contributed by atoms with van der Waals surface area (Å²) < 4.78 is 24.8. The van der Waals surface area contributed by atoms with Crippen molar-refractivity contribution in [3.8, 4) is 5.75 Å². The fourth-order valence-electron chi connectivity index (χ4n) is 2.74. The predicted molar refractivity (Wildman–Crippen MR) is 105 cm³/mol. The van der Waals surface area contributed by atoms with Crippen LogP contribution in [0.4, 0.5) is 4.39 Å². The number of rotatable bonds is 5. The lowest BCUT2D eigenvalue weighted by atomic mass is 9.96. The van der Waals surface area contributed by atoms with E-state index in [1.54, 1.807) is 37.3 Å². The van der Waals surface area contributed by atoms with Crippen LogP contribution >= 0.6 is 11.6 Å². The van der Waals surface area contributed by atoms with Gasteiger partial charge in [-0.05, 0) is 30.2 Å². The van der Waals surface area contributed by atoms with Gasteiger partial charge in [-0.2, -0.15) is 0 Å². The fraction of sp³-hybridized carbons (Fsp3) is 0.0909. The Morgan fingerprint density at radius 3 is 2.36 bits per heavy atom. The van der Waals surface area contributed by atoms with Crippen molar-refractivity contribution in [3.63, 3.8) is 0 Å². The van der Waals surface area contributed by atoms with Crippen LogP contribution in [0.3, 0.4) is 0 Å². The van der Waals surface area contributed by atoms with Crippen molar-refractivity contribution >= 4 is 23.1 Å². The number of pyridine rings is 1. The minimum Gasteiger partial charge on any atom is -0.463 e. The smallest absolute Gasteiger partial charge is 0.374 e. The third kappa shape index (κ3) is 4.56. The van der Waals surface area contributed by atoms with Gasteiger partial charge in [0.1, 0.15) is 16.7 Å². The minimum absolute atomic E-state index is 0.0824. The zero-order valence-electron chi connectivity index (χ0n) is 15.3. The number of halogens is 2. The Bertz CT molecular complexity index is 1010. The first-order valence-corrected chi connectivity index (χ1v) is 8.81. The number of aromatic nitrogens is 1. The number of aryl methyl sites for hydroxylation is 1. The van der Waals surface area contributed by atoms with Gasteiger partial charge in [-0.1, -0.05) is 54.1 Å². The molecule has 1 aromatic heterocycles. The highest BCUT2D eigenvalue weighted by Crippen LogP contribution is 2.30. The maximum Gasteiger partial charge on any atom is 0.374 e. The number of hydrogen-bond donors (Lipinski definition) is 0. The van der Waals surface area contributed by atoms with Gasteiger partial charge in [0.05, 0.1) is 7.11 Å². The van der Waals surface area contributed by atoms with Crippen LogP contribution in [0.2, 0.25) is 5.15 Å². The van der Waals surface area contributed by atoms with E-state index >= 15 is 0 Å². The summed E-state index contributed by atoms with van der Waals surface area (Å²) in [6, 6.07) is 18.1. The van der Waals surface area contributed by atoms with Gasteiger partial charge < -0.3 is 9.47 Å². The maximum atomic E-state index is 13.9.